The summed E-state index contributed by atoms with van der Waals surface area (Å²) < 4.78 is 60.4. The standard InChI is InChI=1S/C8H15F3N2O3S/c1-7(2,3)6(14)4-12-17(15,16)13-5-8(9,10)11/h12-13H,4-5H2,1-3H3. The monoisotopic (exact) mass is 276 g/mol. The van der Waals surface area contributed by atoms with Crippen LogP contribution in [-0.2, 0) is 15.0 Å². The van der Waals surface area contributed by atoms with E-state index < -0.39 is 40.7 Å². The summed E-state index contributed by atoms with van der Waals surface area (Å²) in [6.07, 6.45) is -4.64. The van der Waals surface area contributed by atoms with Gasteiger partial charge < -0.3 is 0 Å². The van der Waals surface area contributed by atoms with E-state index in [9.17, 15) is 26.4 Å². The van der Waals surface area contributed by atoms with Crippen LogP contribution in [0.1, 0.15) is 20.8 Å². The van der Waals surface area contributed by atoms with Crippen molar-refractivity contribution in [3.05, 3.63) is 0 Å². The first-order valence-electron chi connectivity index (χ1n) is 4.68. The lowest BCUT2D eigenvalue weighted by molar-refractivity contribution is -0.125. The van der Waals surface area contributed by atoms with Gasteiger partial charge in [0.2, 0.25) is 0 Å². The van der Waals surface area contributed by atoms with Crippen molar-refractivity contribution >= 4 is 16.0 Å². The number of carbonyl (C=O) groups excluding carboxylic acids is 1. The maximum atomic E-state index is 11.8. The van der Waals surface area contributed by atoms with E-state index in [-0.39, 0.29) is 0 Å². The SMILES string of the molecule is CC(C)(C)C(=O)CNS(=O)(=O)NCC(F)(F)F. The highest BCUT2D eigenvalue weighted by atomic mass is 32.2. The van der Waals surface area contributed by atoms with Gasteiger partial charge in [0.05, 0.1) is 6.54 Å². The molecule has 0 aliphatic heterocycles. The summed E-state index contributed by atoms with van der Waals surface area (Å²) in [7, 11) is -4.31. The first-order chi connectivity index (χ1) is 7.33. The number of hydrogen-bond donors (Lipinski definition) is 2. The molecule has 0 saturated carbocycles. The molecule has 0 aromatic rings. The van der Waals surface area contributed by atoms with Crippen LogP contribution in [0.25, 0.3) is 0 Å². The van der Waals surface area contributed by atoms with E-state index in [1.807, 2.05) is 0 Å². The molecule has 0 radical (unpaired) electrons. The first-order valence-corrected chi connectivity index (χ1v) is 6.16. The van der Waals surface area contributed by atoms with Crippen molar-refractivity contribution in [3.63, 3.8) is 0 Å². The van der Waals surface area contributed by atoms with Crippen LogP contribution >= 0.6 is 0 Å². The summed E-state index contributed by atoms with van der Waals surface area (Å²) in [5.41, 5.74) is -0.757. The number of carbonyl (C=O) groups is 1. The zero-order valence-electron chi connectivity index (χ0n) is 9.68. The molecule has 0 aromatic carbocycles. The fraction of sp³-hybridized carbons (Fsp3) is 0.875. The molecular weight excluding hydrogens is 261 g/mol. The second-order valence-electron chi connectivity index (χ2n) is 4.43. The minimum absolute atomic E-state index is 0.421. The number of hydrogen-bond acceptors (Lipinski definition) is 3. The Hall–Kier alpha value is -0.670. The van der Waals surface area contributed by atoms with Crippen molar-refractivity contribution in [2.45, 2.75) is 26.9 Å². The van der Waals surface area contributed by atoms with E-state index in [0.29, 0.717) is 0 Å². The van der Waals surface area contributed by atoms with Crippen LogP contribution < -0.4 is 9.44 Å². The van der Waals surface area contributed by atoms with E-state index in [0.717, 1.165) is 0 Å². The van der Waals surface area contributed by atoms with Gasteiger partial charge in [0.1, 0.15) is 6.54 Å². The smallest absolute Gasteiger partial charge is 0.298 e. The molecule has 0 atom stereocenters. The van der Waals surface area contributed by atoms with Gasteiger partial charge in [-0.3, -0.25) is 4.79 Å². The normalized spacial score (nSPS) is 13.8. The van der Waals surface area contributed by atoms with Crippen LogP contribution in [0.15, 0.2) is 0 Å². The number of ketones is 1. The molecule has 0 bridgehead atoms. The lowest BCUT2D eigenvalue weighted by atomic mass is 9.91. The van der Waals surface area contributed by atoms with E-state index in [1.165, 1.54) is 4.72 Å². The zero-order chi connectivity index (χ0) is 13.9. The van der Waals surface area contributed by atoms with Gasteiger partial charge in [0.25, 0.3) is 10.2 Å². The molecule has 0 heterocycles. The van der Waals surface area contributed by atoms with Gasteiger partial charge in [-0.15, -0.1) is 0 Å². The maximum absolute atomic E-state index is 11.8. The average Bonchev–Trinajstić information content (AvgIpc) is 2.09. The summed E-state index contributed by atoms with van der Waals surface area (Å²) in [6, 6.07) is 0. The van der Waals surface area contributed by atoms with Crippen molar-refractivity contribution in [2.75, 3.05) is 13.1 Å². The molecule has 0 aliphatic rings. The third kappa shape index (κ3) is 8.11. The number of nitrogens with one attached hydrogen (secondary N) is 2. The van der Waals surface area contributed by atoms with E-state index in [4.69, 9.17) is 0 Å². The Balaban J connectivity index is 4.26. The fourth-order valence-electron chi connectivity index (χ4n) is 0.654. The molecule has 0 aliphatic carbocycles. The quantitative estimate of drug-likeness (QED) is 0.771. The van der Waals surface area contributed by atoms with Crippen LogP contribution in [0.3, 0.4) is 0 Å². The Bertz CT molecular complexity index is 370. The fourth-order valence-corrected chi connectivity index (χ4v) is 1.43. The van der Waals surface area contributed by atoms with Gasteiger partial charge in [-0.2, -0.15) is 31.0 Å². The number of rotatable bonds is 5. The van der Waals surface area contributed by atoms with Gasteiger partial charge in [-0.05, 0) is 0 Å². The second-order valence-corrected chi connectivity index (χ2v) is 6.02. The molecular formula is C8H15F3N2O3S. The predicted octanol–water partition coefficient (Wildman–Crippen LogP) is 0.588. The summed E-state index contributed by atoms with van der Waals surface area (Å²) in [6.45, 7) is 2.51. The van der Waals surface area contributed by atoms with Crippen molar-refractivity contribution in [3.8, 4) is 0 Å². The largest absolute Gasteiger partial charge is 0.402 e. The van der Waals surface area contributed by atoms with Crippen LogP contribution in [0.2, 0.25) is 0 Å². The van der Waals surface area contributed by atoms with Crippen molar-refractivity contribution in [1.29, 1.82) is 0 Å². The third-order valence-corrected chi connectivity index (χ3v) is 2.77. The summed E-state index contributed by atoms with van der Waals surface area (Å²) in [5.74, 6) is -0.421. The molecule has 0 fully saturated rings. The highest BCUT2D eigenvalue weighted by Crippen LogP contribution is 2.14. The molecule has 0 aromatic heterocycles. The lowest BCUT2D eigenvalue weighted by Gasteiger charge is -2.17. The Morgan fingerprint density at radius 3 is 1.94 bits per heavy atom. The van der Waals surface area contributed by atoms with Gasteiger partial charge in [-0.1, -0.05) is 20.8 Å². The summed E-state index contributed by atoms with van der Waals surface area (Å²) in [5, 5.41) is 0. The number of halogens is 3. The minimum atomic E-state index is -4.64. The molecule has 0 spiro atoms. The Kier molecular flexibility index (Phi) is 5.11. The van der Waals surface area contributed by atoms with Gasteiger partial charge >= 0.3 is 6.18 Å². The van der Waals surface area contributed by atoms with Crippen molar-refractivity contribution < 1.29 is 26.4 Å². The molecule has 0 amide bonds. The first kappa shape index (κ1) is 16.3. The van der Waals surface area contributed by atoms with E-state index in [2.05, 4.69) is 0 Å². The van der Waals surface area contributed by atoms with Gasteiger partial charge in [-0.25, -0.2) is 0 Å². The molecule has 9 heteroatoms. The molecule has 0 saturated heterocycles. The van der Waals surface area contributed by atoms with Gasteiger partial charge in [0.15, 0.2) is 5.78 Å². The van der Waals surface area contributed by atoms with Crippen LogP contribution in [-0.4, -0.2) is 33.5 Å². The number of alkyl halides is 3. The Labute approximate surface area is 97.9 Å². The highest BCUT2D eigenvalue weighted by molar-refractivity contribution is 7.87. The average molecular weight is 276 g/mol. The second kappa shape index (κ2) is 5.32. The molecule has 0 rings (SSSR count). The molecule has 2 N–H and O–H groups in total. The van der Waals surface area contributed by atoms with Crippen LogP contribution in [0.4, 0.5) is 13.2 Å². The molecule has 5 nitrogen and oxygen atoms in total. The van der Waals surface area contributed by atoms with Crippen molar-refractivity contribution in [1.82, 2.24) is 9.44 Å². The van der Waals surface area contributed by atoms with Gasteiger partial charge in [0, 0.05) is 5.41 Å². The van der Waals surface area contributed by atoms with Crippen molar-refractivity contribution in [2.24, 2.45) is 5.41 Å². The summed E-state index contributed by atoms with van der Waals surface area (Å²) in [4.78, 5) is 11.3. The Morgan fingerprint density at radius 1 is 1.12 bits per heavy atom. The minimum Gasteiger partial charge on any atom is -0.298 e. The lowest BCUT2D eigenvalue weighted by Crippen LogP contribution is -2.44. The third-order valence-electron chi connectivity index (χ3n) is 1.72. The van der Waals surface area contributed by atoms with E-state index in [1.54, 1.807) is 25.5 Å². The predicted molar refractivity (Wildman–Crippen MR) is 55.4 cm³/mol. The maximum Gasteiger partial charge on any atom is 0.402 e. The number of Topliss-reactive ketones (excluding diaryl/α,β-unsaturated/α-hetero) is 1. The van der Waals surface area contributed by atoms with Crippen LogP contribution in [0.5, 0.6) is 0 Å². The van der Waals surface area contributed by atoms with Crippen LogP contribution in [0, 0.1) is 5.41 Å². The zero-order valence-corrected chi connectivity index (χ0v) is 10.5. The topological polar surface area (TPSA) is 75.3 Å². The Morgan fingerprint density at radius 2 is 1.59 bits per heavy atom. The summed E-state index contributed by atoms with van der Waals surface area (Å²) >= 11 is 0. The highest BCUT2D eigenvalue weighted by Gasteiger charge is 2.30. The molecule has 0 unspecified atom stereocenters. The molecule has 102 valence electrons. The molecule has 17 heavy (non-hydrogen) atoms. The van der Waals surface area contributed by atoms with E-state index >= 15 is 0 Å².